The van der Waals surface area contributed by atoms with E-state index in [1.807, 2.05) is 36.4 Å². The van der Waals surface area contributed by atoms with Crippen LogP contribution in [0.1, 0.15) is 40.0 Å². The summed E-state index contributed by atoms with van der Waals surface area (Å²) in [7, 11) is 1.17. The summed E-state index contributed by atoms with van der Waals surface area (Å²) >= 11 is 0. The first-order valence-electron chi connectivity index (χ1n) is 11.5. The molecule has 3 saturated carbocycles. The summed E-state index contributed by atoms with van der Waals surface area (Å²) in [5.74, 6) is -0.388. The molecule has 0 amide bonds. The second-order valence-electron chi connectivity index (χ2n) is 9.16. The van der Waals surface area contributed by atoms with Crippen molar-refractivity contribution in [3.8, 4) is 0 Å². The molecule has 3 fully saturated rings. The molecule has 0 heterocycles. The van der Waals surface area contributed by atoms with Crippen LogP contribution in [0.25, 0.3) is 0 Å². The summed E-state index contributed by atoms with van der Waals surface area (Å²) in [6, 6.07) is 15.0. The summed E-state index contributed by atoms with van der Waals surface area (Å²) in [5.41, 5.74) is 1.02. The number of carbonyl (C=O) groups is 3. The number of benzene rings is 2. The maximum Gasteiger partial charge on any atom is 0.338 e. The van der Waals surface area contributed by atoms with Crippen molar-refractivity contribution in [1.29, 1.82) is 0 Å². The molecule has 0 aromatic heterocycles. The van der Waals surface area contributed by atoms with Gasteiger partial charge in [-0.1, -0.05) is 41.4 Å². The minimum atomic E-state index is -0.585. The average Bonchev–Trinajstić information content (AvgIpc) is 3.51. The maximum absolute atomic E-state index is 13.1. The number of rotatable bonds is 6. The average molecular weight is 482 g/mol. The van der Waals surface area contributed by atoms with E-state index in [1.165, 1.54) is 0 Å². The number of hydrogen-bond donors (Lipinski definition) is 0. The maximum atomic E-state index is 13.1. The smallest absolute Gasteiger partial charge is 0.338 e. The largest absolute Gasteiger partial charge is 0.455 e. The first kappa shape index (κ1) is 22.7. The summed E-state index contributed by atoms with van der Waals surface area (Å²) in [5, 5.41) is 2.18. The number of ether oxygens (including phenoxy) is 2. The van der Waals surface area contributed by atoms with Gasteiger partial charge in [-0.25, -0.2) is 9.59 Å². The van der Waals surface area contributed by atoms with E-state index in [2.05, 4.69) is 13.3 Å². The molecule has 3 aliphatic rings. The quantitative estimate of drug-likeness (QED) is 0.465. The van der Waals surface area contributed by atoms with Crippen molar-refractivity contribution in [2.24, 2.45) is 23.7 Å². The van der Waals surface area contributed by atoms with Gasteiger partial charge in [0, 0.05) is 24.2 Å². The molecule has 0 radical (unpaired) electrons. The molecule has 8 atom stereocenters. The van der Waals surface area contributed by atoms with Crippen LogP contribution in [0.5, 0.6) is 0 Å². The fraction of sp³-hybridized carbons (Fsp3) is 0.423. The Morgan fingerprint density at radius 2 is 1.36 bits per heavy atom. The molecular formula is C26H28O5P2. The second-order valence-corrected chi connectivity index (χ2v) is 11.3. The molecule has 5 nitrogen and oxygen atoms in total. The predicted octanol–water partition coefficient (Wildman–Crippen LogP) is 3.55. The third-order valence-electron chi connectivity index (χ3n) is 7.54. The van der Waals surface area contributed by atoms with Crippen molar-refractivity contribution in [2.45, 2.75) is 31.5 Å². The monoisotopic (exact) mass is 482 g/mol. The molecule has 0 aliphatic heterocycles. The highest BCUT2D eigenvalue weighted by atomic mass is 31.1. The van der Waals surface area contributed by atoms with Gasteiger partial charge in [0.2, 0.25) is 0 Å². The minimum Gasteiger partial charge on any atom is -0.455 e. The van der Waals surface area contributed by atoms with Crippen LogP contribution in [-0.4, -0.2) is 43.3 Å². The Kier molecular flexibility index (Phi) is 6.38. The first-order valence-corrected chi connectivity index (χ1v) is 14.5. The molecule has 0 saturated heterocycles. The Balaban J connectivity index is 1.40. The Hall–Kier alpha value is -2.09. The fourth-order valence-corrected chi connectivity index (χ4v) is 7.19. The molecule has 172 valence electrons. The SMILES string of the molecule is CPc1cccc(C(=O)OC2C3CC(C2OC(=O)c2cccc(PC)c2)C2C(=O)CCC32)c1. The Bertz CT molecular complexity index is 1100. The molecule has 8 unspecified atom stereocenters. The summed E-state index contributed by atoms with van der Waals surface area (Å²) in [6.07, 6.45) is 1.08. The standard InChI is InChI=1S/C26H28O5P2/c1-32-16-7-3-5-14(11-16)25(28)30-23-19-13-20(22-18(19)9-10-21(22)27)24(23)31-26(29)15-6-4-8-17(12-15)33-2/h3-8,11-12,18-20,22-24,32-33H,9-10,13H2,1-2H3. The van der Waals surface area contributed by atoms with Gasteiger partial charge in [-0.3, -0.25) is 4.79 Å². The van der Waals surface area contributed by atoms with Crippen molar-refractivity contribution < 1.29 is 23.9 Å². The molecule has 2 bridgehead atoms. The van der Waals surface area contributed by atoms with Crippen molar-refractivity contribution >= 4 is 45.5 Å². The Labute approximate surface area is 197 Å². The van der Waals surface area contributed by atoms with Crippen LogP contribution < -0.4 is 10.6 Å². The van der Waals surface area contributed by atoms with Crippen LogP contribution >= 0.6 is 17.2 Å². The van der Waals surface area contributed by atoms with Crippen LogP contribution in [-0.2, 0) is 14.3 Å². The van der Waals surface area contributed by atoms with Gasteiger partial charge in [0.15, 0.2) is 0 Å². The van der Waals surface area contributed by atoms with Crippen LogP contribution in [0, 0.1) is 23.7 Å². The molecule has 0 N–H and O–H groups in total. The highest BCUT2D eigenvalue weighted by Gasteiger charge is 2.64. The lowest BCUT2D eigenvalue weighted by Crippen LogP contribution is -2.46. The predicted molar refractivity (Wildman–Crippen MR) is 132 cm³/mol. The highest BCUT2D eigenvalue weighted by molar-refractivity contribution is 7.46. The number of ketones is 1. The van der Waals surface area contributed by atoms with E-state index in [0.29, 0.717) is 34.7 Å². The molecule has 0 spiro atoms. The summed E-state index contributed by atoms with van der Waals surface area (Å²) in [4.78, 5) is 38.7. The van der Waals surface area contributed by atoms with Crippen LogP contribution in [0.3, 0.4) is 0 Å². The van der Waals surface area contributed by atoms with E-state index in [1.54, 1.807) is 12.1 Å². The lowest BCUT2D eigenvalue weighted by Gasteiger charge is -2.36. The van der Waals surface area contributed by atoms with Crippen LogP contribution in [0.2, 0.25) is 0 Å². The van der Waals surface area contributed by atoms with Gasteiger partial charge < -0.3 is 9.47 Å². The van der Waals surface area contributed by atoms with Gasteiger partial charge in [0.1, 0.15) is 18.0 Å². The van der Waals surface area contributed by atoms with E-state index < -0.39 is 18.2 Å². The fourth-order valence-electron chi connectivity index (χ4n) is 6.07. The normalized spacial score (nSPS) is 30.4. The minimum absolute atomic E-state index is 0.0629. The molecule has 5 rings (SSSR count). The van der Waals surface area contributed by atoms with E-state index in [4.69, 9.17) is 9.47 Å². The molecule has 7 heteroatoms. The molecule has 2 aromatic rings. The lowest BCUT2D eigenvalue weighted by atomic mass is 9.78. The Morgan fingerprint density at radius 3 is 1.91 bits per heavy atom. The lowest BCUT2D eigenvalue weighted by molar-refractivity contribution is -0.127. The van der Waals surface area contributed by atoms with Crippen LogP contribution in [0.15, 0.2) is 48.5 Å². The highest BCUT2D eigenvalue weighted by Crippen LogP contribution is 2.59. The zero-order valence-corrected chi connectivity index (χ0v) is 20.7. The number of Topliss-reactive ketones (excluding diaryl/α,β-unsaturated/α-hetero) is 1. The van der Waals surface area contributed by atoms with Crippen molar-refractivity contribution in [1.82, 2.24) is 0 Å². The van der Waals surface area contributed by atoms with E-state index in [0.717, 1.165) is 23.5 Å². The summed E-state index contributed by atoms with van der Waals surface area (Å²) < 4.78 is 12.1. The van der Waals surface area contributed by atoms with Crippen molar-refractivity contribution in [3.05, 3.63) is 59.7 Å². The topological polar surface area (TPSA) is 69.7 Å². The van der Waals surface area contributed by atoms with Gasteiger partial charge in [-0.2, -0.15) is 0 Å². The number of hydrogen-bond acceptors (Lipinski definition) is 5. The third kappa shape index (κ3) is 4.15. The molecule has 33 heavy (non-hydrogen) atoms. The summed E-state index contributed by atoms with van der Waals surface area (Å²) in [6.45, 7) is 4.14. The van der Waals surface area contributed by atoms with Gasteiger partial charge >= 0.3 is 11.9 Å². The van der Waals surface area contributed by atoms with Gasteiger partial charge in [-0.15, -0.1) is 0 Å². The van der Waals surface area contributed by atoms with Crippen molar-refractivity contribution in [3.63, 3.8) is 0 Å². The van der Waals surface area contributed by atoms with Gasteiger partial charge in [0.05, 0.1) is 11.1 Å². The van der Waals surface area contributed by atoms with Crippen molar-refractivity contribution in [2.75, 3.05) is 13.3 Å². The second kappa shape index (κ2) is 9.28. The van der Waals surface area contributed by atoms with Gasteiger partial charge in [0.25, 0.3) is 0 Å². The van der Waals surface area contributed by atoms with E-state index >= 15 is 0 Å². The van der Waals surface area contributed by atoms with E-state index in [9.17, 15) is 14.4 Å². The molecule has 2 aromatic carbocycles. The van der Waals surface area contributed by atoms with E-state index in [-0.39, 0.29) is 35.4 Å². The Morgan fingerprint density at radius 1 is 0.818 bits per heavy atom. The molecular weight excluding hydrogens is 454 g/mol. The zero-order valence-electron chi connectivity index (χ0n) is 18.7. The third-order valence-corrected chi connectivity index (χ3v) is 9.32. The first-order chi connectivity index (χ1) is 16.0. The number of carbonyl (C=O) groups excluding carboxylic acids is 3. The number of esters is 2. The number of fused-ring (bicyclic) bond motifs is 5. The van der Waals surface area contributed by atoms with Gasteiger partial charge in [-0.05, 0) is 67.0 Å². The molecule has 3 aliphatic carbocycles. The van der Waals surface area contributed by atoms with Crippen LogP contribution in [0.4, 0.5) is 0 Å². The zero-order chi connectivity index (χ0) is 23.1.